The van der Waals surface area contributed by atoms with Crippen molar-refractivity contribution in [3.05, 3.63) is 34.9 Å². The summed E-state index contributed by atoms with van der Waals surface area (Å²) in [6, 6.07) is 8.47. The standard InChI is InChI=1S/C16H25ClN2/c1-4-16(2,19-11-7-8-12-19)15(18-3)13-9-5-6-10-14(13)17/h5-6,9-10,15,18H,4,7-8,11-12H2,1-3H3. The van der Waals surface area contributed by atoms with Gasteiger partial charge in [-0.2, -0.15) is 0 Å². The number of hydrogen-bond acceptors (Lipinski definition) is 2. The van der Waals surface area contributed by atoms with Crippen molar-refractivity contribution in [2.45, 2.75) is 44.7 Å². The first-order valence-electron chi connectivity index (χ1n) is 7.30. The number of likely N-dealkylation sites (N-methyl/N-ethyl adjacent to an activating group) is 1. The molecule has 0 aromatic heterocycles. The van der Waals surface area contributed by atoms with Crippen molar-refractivity contribution in [1.82, 2.24) is 10.2 Å². The van der Waals surface area contributed by atoms with Gasteiger partial charge in [0.2, 0.25) is 0 Å². The fourth-order valence-electron chi connectivity index (χ4n) is 3.35. The van der Waals surface area contributed by atoms with E-state index in [-0.39, 0.29) is 11.6 Å². The van der Waals surface area contributed by atoms with Gasteiger partial charge >= 0.3 is 0 Å². The number of likely N-dealkylation sites (tertiary alicyclic amines) is 1. The largest absolute Gasteiger partial charge is 0.311 e. The molecule has 1 saturated heterocycles. The molecule has 0 spiro atoms. The summed E-state index contributed by atoms with van der Waals surface area (Å²) in [5.41, 5.74) is 1.33. The quantitative estimate of drug-likeness (QED) is 0.881. The molecule has 0 bridgehead atoms. The molecule has 1 aromatic carbocycles. The van der Waals surface area contributed by atoms with E-state index in [4.69, 9.17) is 11.6 Å². The zero-order valence-electron chi connectivity index (χ0n) is 12.2. The van der Waals surface area contributed by atoms with E-state index in [0.29, 0.717) is 0 Å². The van der Waals surface area contributed by atoms with Gasteiger partial charge in [0.1, 0.15) is 0 Å². The molecule has 2 nitrogen and oxygen atoms in total. The molecule has 106 valence electrons. The van der Waals surface area contributed by atoms with Crippen LogP contribution in [0.1, 0.15) is 44.7 Å². The molecule has 0 saturated carbocycles. The van der Waals surface area contributed by atoms with Crippen LogP contribution in [0.5, 0.6) is 0 Å². The Bertz CT molecular complexity index is 415. The van der Waals surface area contributed by atoms with Gasteiger partial charge in [-0.15, -0.1) is 0 Å². The summed E-state index contributed by atoms with van der Waals surface area (Å²) in [7, 11) is 2.04. The van der Waals surface area contributed by atoms with E-state index in [2.05, 4.69) is 36.2 Å². The van der Waals surface area contributed by atoms with Crippen molar-refractivity contribution in [3.63, 3.8) is 0 Å². The lowest BCUT2D eigenvalue weighted by Gasteiger charge is -2.45. The van der Waals surface area contributed by atoms with E-state index in [1.165, 1.54) is 31.5 Å². The molecule has 1 aromatic rings. The molecule has 2 rings (SSSR count). The first kappa shape index (κ1) is 14.8. The average molecular weight is 281 g/mol. The number of rotatable bonds is 5. The van der Waals surface area contributed by atoms with E-state index >= 15 is 0 Å². The monoisotopic (exact) mass is 280 g/mol. The Kier molecular flexibility index (Phi) is 4.88. The Morgan fingerprint density at radius 2 is 1.95 bits per heavy atom. The number of hydrogen-bond donors (Lipinski definition) is 1. The Morgan fingerprint density at radius 3 is 2.47 bits per heavy atom. The van der Waals surface area contributed by atoms with E-state index in [9.17, 15) is 0 Å². The van der Waals surface area contributed by atoms with Crippen molar-refractivity contribution in [2.24, 2.45) is 0 Å². The molecule has 1 heterocycles. The molecule has 0 radical (unpaired) electrons. The van der Waals surface area contributed by atoms with Gasteiger partial charge in [-0.05, 0) is 58.0 Å². The van der Waals surface area contributed by atoms with Gasteiger partial charge in [-0.1, -0.05) is 36.7 Å². The summed E-state index contributed by atoms with van der Waals surface area (Å²) < 4.78 is 0. The summed E-state index contributed by atoms with van der Waals surface area (Å²) in [5.74, 6) is 0. The van der Waals surface area contributed by atoms with Gasteiger partial charge in [-0.3, -0.25) is 4.90 Å². The molecule has 0 amide bonds. The normalized spacial score (nSPS) is 21.3. The molecular weight excluding hydrogens is 256 g/mol. The van der Waals surface area contributed by atoms with E-state index in [1.807, 2.05) is 19.2 Å². The maximum absolute atomic E-state index is 6.41. The van der Waals surface area contributed by atoms with Crippen molar-refractivity contribution < 1.29 is 0 Å². The summed E-state index contributed by atoms with van der Waals surface area (Å²) in [6.07, 6.45) is 3.74. The predicted molar refractivity (Wildman–Crippen MR) is 82.8 cm³/mol. The van der Waals surface area contributed by atoms with E-state index in [1.54, 1.807) is 0 Å². The van der Waals surface area contributed by atoms with Crippen LogP contribution < -0.4 is 5.32 Å². The van der Waals surface area contributed by atoms with Crippen LogP contribution in [0.2, 0.25) is 5.02 Å². The number of halogens is 1. The van der Waals surface area contributed by atoms with Gasteiger partial charge in [0.25, 0.3) is 0 Å². The minimum atomic E-state index is 0.121. The molecule has 2 atom stereocenters. The van der Waals surface area contributed by atoms with Crippen molar-refractivity contribution in [1.29, 1.82) is 0 Å². The summed E-state index contributed by atoms with van der Waals surface area (Å²) in [6.45, 7) is 7.04. The SMILES string of the molecule is CCC(C)(C(NC)c1ccccc1Cl)N1CCCC1. The zero-order valence-corrected chi connectivity index (χ0v) is 13.0. The van der Waals surface area contributed by atoms with Crippen LogP contribution in [0, 0.1) is 0 Å². The fraction of sp³-hybridized carbons (Fsp3) is 0.625. The van der Waals surface area contributed by atoms with Gasteiger partial charge in [-0.25, -0.2) is 0 Å². The third kappa shape index (κ3) is 2.81. The average Bonchev–Trinajstić information content (AvgIpc) is 2.96. The molecule has 0 aliphatic carbocycles. The van der Waals surface area contributed by atoms with Crippen LogP contribution >= 0.6 is 11.6 Å². The lowest BCUT2D eigenvalue weighted by Crippen LogP contribution is -2.52. The van der Waals surface area contributed by atoms with Crippen LogP contribution in [0.4, 0.5) is 0 Å². The zero-order chi connectivity index (χ0) is 13.9. The van der Waals surface area contributed by atoms with E-state index in [0.717, 1.165) is 11.4 Å². The third-order valence-corrected chi connectivity index (χ3v) is 5.02. The highest BCUT2D eigenvalue weighted by molar-refractivity contribution is 6.31. The lowest BCUT2D eigenvalue weighted by atomic mass is 9.83. The van der Waals surface area contributed by atoms with Crippen LogP contribution in [0.25, 0.3) is 0 Å². The minimum Gasteiger partial charge on any atom is -0.311 e. The van der Waals surface area contributed by atoms with Gasteiger partial charge in [0.05, 0.1) is 6.04 Å². The lowest BCUT2D eigenvalue weighted by molar-refractivity contribution is 0.0873. The summed E-state index contributed by atoms with van der Waals surface area (Å²) >= 11 is 6.41. The Morgan fingerprint density at radius 1 is 1.32 bits per heavy atom. The maximum atomic E-state index is 6.41. The van der Waals surface area contributed by atoms with Gasteiger partial charge in [0.15, 0.2) is 0 Å². The van der Waals surface area contributed by atoms with Crippen molar-refractivity contribution in [3.8, 4) is 0 Å². The molecule has 1 N–H and O–H groups in total. The number of nitrogens with one attached hydrogen (secondary N) is 1. The Hall–Kier alpha value is -0.570. The molecule has 19 heavy (non-hydrogen) atoms. The smallest absolute Gasteiger partial charge is 0.0516 e. The Balaban J connectivity index is 2.35. The van der Waals surface area contributed by atoms with Crippen molar-refractivity contribution >= 4 is 11.6 Å². The van der Waals surface area contributed by atoms with Crippen molar-refractivity contribution in [2.75, 3.05) is 20.1 Å². The molecule has 2 unspecified atom stereocenters. The molecule has 1 aliphatic rings. The van der Waals surface area contributed by atoms with Crippen LogP contribution in [0.3, 0.4) is 0 Å². The topological polar surface area (TPSA) is 15.3 Å². The summed E-state index contributed by atoms with van der Waals surface area (Å²) in [4.78, 5) is 2.62. The highest BCUT2D eigenvalue weighted by Crippen LogP contribution is 2.38. The minimum absolute atomic E-state index is 0.121. The van der Waals surface area contributed by atoms with Crippen LogP contribution in [-0.4, -0.2) is 30.6 Å². The predicted octanol–water partition coefficient (Wildman–Crippen LogP) is 3.87. The second kappa shape index (κ2) is 6.25. The molecular formula is C16H25ClN2. The highest BCUT2D eigenvalue weighted by atomic mass is 35.5. The number of nitrogens with zero attached hydrogens (tertiary/aromatic N) is 1. The Labute approximate surface area is 122 Å². The molecule has 1 fully saturated rings. The first-order valence-corrected chi connectivity index (χ1v) is 7.68. The first-order chi connectivity index (χ1) is 9.13. The van der Waals surface area contributed by atoms with E-state index < -0.39 is 0 Å². The second-order valence-corrected chi connectivity index (χ2v) is 6.06. The molecule has 3 heteroatoms. The van der Waals surface area contributed by atoms with Crippen LogP contribution in [-0.2, 0) is 0 Å². The highest BCUT2D eigenvalue weighted by Gasteiger charge is 2.40. The van der Waals surface area contributed by atoms with Gasteiger partial charge in [0, 0.05) is 10.6 Å². The summed E-state index contributed by atoms with van der Waals surface area (Å²) in [5, 5.41) is 4.36. The second-order valence-electron chi connectivity index (χ2n) is 5.65. The van der Waals surface area contributed by atoms with Crippen LogP contribution in [0.15, 0.2) is 24.3 Å². The number of benzene rings is 1. The molecule has 1 aliphatic heterocycles. The third-order valence-electron chi connectivity index (χ3n) is 4.67. The van der Waals surface area contributed by atoms with Gasteiger partial charge < -0.3 is 5.32 Å². The fourth-order valence-corrected chi connectivity index (χ4v) is 3.59. The maximum Gasteiger partial charge on any atom is 0.0516 e.